The number of hydrogen-bond acceptors (Lipinski definition) is 4. The van der Waals surface area contributed by atoms with Gasteiger partial charge < -0.3 is 14.9 Å². The molecule has 0 radical (unpaired) electrons. The van der Waals surface area contributed by atoms with E-state index in [2.05, 4.69) is 0 Å². The number of ether oxygens (including phenoxy) is 1. The predicted molar refractivity (Wildman–Crippen MR) is 77.8 cm³/mol. The van der Waals surface area contributed by atoms with Gasteiger partial charge in [0.15, 0.2) is 17.3 Å². The minimum Gasteiger partial charge on any atom is -0.508 e. The van der Waals surface area contributed by atoms with Crippen LogP contribution in [0.1, 0.15) is 12.5 Å². The molecule has 0 fully saturated rings. The molecular formula is C13H13IO4. The van der Waals surface area contributed by atoms with Gasteiger partial charge in [0.25, 0.3) is 0 Å². The summed E-state index contributed by atoms with van der Waals surface area (Å²) in [5, 5.41) is 19.1. The predicted octanol–water partition coefficient (Wildman–Crippen LogP) is 3.05. The zero-order valence-corrected chi connectivity index (χ0v) is 12.1. The minimum atomic E-state index is -0.227. The average molecular weight is 360 g/mol. The van der Waals surface area contributed by atoms with Gasteiger partial charge in [0.2, 0.25) is 0 Å². The number of rotatable bonds is 4. The van der Waals surface area contributed by atoms with Gasteiger partial charge in [0.1, 0.15) is 5.76 Å². The Kier molecular flexibility index (Phi) is 5.21. The zero-order valence-electron chi connectivity index (χ0n) is 9.98. The van der Waals surface area contributed by atoms with Crippen molar-refractivity contribution < 1.29 is 19.7 Å². The molecule has 1 rings (SSSR count). The molecule has 0 spiro atoms. The van der Waals surface area contributed by atoms with Crippen LogP contribution in [0.3, 0.4) is 0 Å². The van der Waals surface area contributed by atoms with E-state index in [1.165, 1.54) is 20.1 Å². The van der Waals surface area contributed by atoms with Gasteiger partial charge in [-0.1, -0.05) is 6.08 Å². The summed E-state index contributed by atoms with van der Waals surface area (Å²) in [5.74, 6) is 0.0925. The maximum atomic E-state index is 10.7. The molecule has 0 unspecified atom stereocenters. The second-order valence-electron chi connectivity index (χ2n) is 3.57. The van der Waals surface area contributed by atoms with Gasteiger partial charge in [0.05, 0.1) is 10.7 Å². The first-order chi connectivity index (χ1) is 8.43. The lowest BCUT2D eigenvalue weighted by atomic mass is 10.2. The van der Waals surface area contributed by atoms with Crippen LogP contribution in [0.15, 0.2) is 30.0 Å². The highest BCUT2D eigenvalue weighted by Crippen LogP contribution is 2.32. The van der Waals surface area contributed by atoms with Crippen LogP contribution in [0.5, 0.6) is 11.5 Å². The summed E-state index contributed by atoms with van der Waals surface area (Å²) in [6, 6.07) is 3.37. The summed E-state index contributed by atoms with van der Waals surface area (Å²) < 4.78 is 5.66. The molecule has 96 valence electrons. The quantitative estimate of drug-likeness (QED) is 0.375. The summed E-state index contributed by atoms with van der Waals surface area (Å²) in [4.78, 5) is 10.7. The van der Waals surface area contributed by atoms with Crippen molar-refractivity contribution in [3.05, 3.63) is 39.2 Å². The molecule has 0 heterocycles. The number of methoxy groups -OCH3 is 1. The van der Waals surface area contributed by atoms with Crippen molar-refractivity contribution in [1.82, 2.24) is 0 Å². The molecule has 18 heavy (non-hydrogen) atoms. The first-order valence-corrected chi connectivity index (χ1v) is 6.17. The Morgan fingerprint density at radius 2 is 2.11 bits per heavy atom. The molecule has 5 heteroatoms. The van der Waals surface area contributed by atoms with Gasteiger partial charge in [0, 0.05) is 6.08 Å². The number of aliphatic hydroxyl groups excluding tert-OH is 1. The van der Waals surface area contributed by atoms with Crippen molar-refractivity contribution in [2.24, 2.45) is 0 Å². The van der Waals surface area contributed by atoms with Crippen molar-refractivity contribution >= 4 is 34.5 Å². The van der Waals surface area contributed by atoms with Crippen molar-refractivity contribution in [2.45, 2.75) is 6.92 Å². The number of hydrogen-bond donors (Lipinski definition) is 2. The van der Waals surface area contributed by atoms with Crippen molar-refractivity contribution in [3.8, 4) is 11.5 Å². The van der Waals surface area contributed by atoms with Gasteiger partial charge in [-0.15, -0.1) is 0 Å². The fraction of sp³-hybridized carbons (Fsp3) is 0.154. The van der Waals surface area contributed by atoms with E-state index in [1.807, 2.05) is 22.6 Å². The van der Waals surface area contributed by atoms with Gasteiger partial charge in [-0.2, -0.15) is 0 Å². The largest absolute Gasteiger partial charge is 0.508 e. The molecule has 0 bridgehead atoms. The van der Waals surface area contributed by atoms with Crippen molar-refractivity contribution in [3.63, 3.8) is 0 Å². The van der Waals surface area contributed by atoms with E-state index in [-0.39, 0.29) is 17.3 Å². The molecule has 2 N–H and O–H groups in total. The topological polar surface area (TPSA) is 66.8 Å². The first-order valence-electron chi connectivity index (χ1n) is 5.10. The highest BCUT2D eigenvalue weighted by molar-refractivity contribution is 14.1. The van der Waals surface area contributed by atoms with Gasteiger partial charge in [-0.3, -0.25) is 4.79 Å². The summed E-state index contributed by atoms with van der Waals surface area (Å²) >= 11 is 1.98. The molecule has 0 aliphatic heterocycles. The third-order valence-corrected chi connectivity index (χ3v) is 2.89. The highest BCUT2D eigenvalue weighted by atomic mass is 127. The highest BCUT2D eigenvalue weighted by Gasteiger charge is 2.06. The summed E-state index contributed by atoms with van der Waals surface area (Å²) in [6.07, 6.45) is 4.15. The second-order valence-corrected chi connectivity index (χ2v) is 4.73. The van der Waals surface area contributed by atoms with Crippen molar-refractivity contribution in [2.75, 3.05) is 7.11 Å². The molecule has 0 saturated carbocycles. The zero-order chi connectivity index (χ0) is 13.7. The lowest BCUT2D eigenvalue weighted by molar-refractivity contribution is -0.112. The summed E-state index contributed by atoms with van der Waals surface area (Å²) in [6.45, 7) is 1.36. The number of carbonyl (C=O) groups excluding carboxylic acids is 1. The fourth-order valence-corrected chi connectivity index (χ4v) is 1.91. The van der Waals surface area contributed by atoms with Gasteiger partial charge in [-0.05, 0) is 53.3 Å². The van der Waals surface area contributed by atoms with Crippen LogP contribution >= 0.6 is 22.6 Å². The minimum absolute atomic E-state index is 0.0822. The van der Waals surface area contributed by atoms with E-state index in [4.69, 9.17) is 4.74 Å². The Balaban J connectivity index is 3.02. The van der Waals surface area contributed by atoms with E-state index in [1.54, 1.807) is 18.2 Å². The fourth-order valence-electron chi connectivity index (χ4n) is 1.28. The lowest BCUT2D eigenvalue weighted by Gasteiger charge is -2.06. The van der Waals surface area contributed by atoms with E-state index < -0.39 is 0 Å². The molecule has 0 saturated heterocycles. The molecular weight excluding hydrogens is 347 g/mol. The first kappa shape index (κ1) is 14.6. The van der Waals surface area contributed by atoms with Crippen molar-refractivity contribution in [1.29, 1.82) is 0 Å². The number of carbonyl (C=O) groups is 1. The Morgan fingerprint density at radius 1 is 1.44 bits per heavy atom. The Morgan fingerprint density at radius 3 is 2.67 bits per heavy atom. The standard InChI is InChI=1S/C13H13IO4/c1-8(15)5-10(16)4-3-9-6-11(14)13(17)12(7-9)18-2/h3-7,16-17H,1-2H3/b4-3+,10-5-. The number of aliphatic hydroxyl groups is 1. The monoisotopic (exact) mass is 360 g/mol. The molecule has 0 atom stereocenters. The normalized spacial score (nSPS) is 11.8. The van der Waals surface area contributed by atoms with E-state index in [9.17, 15) is 15.0 Å². The maximum Gasteiger partial charge on any atom is 0.171 e. The van der Waals surface area contributed by atoms with Crippen LogP contribution in [0.25, 0.3) is 6.08 Å². The molecule has 0 amide bonds. The number of allylic oxidation sites excluding steroid dienone is 2. The Hall–Kier alpha value is -1.50. The Bertz CT molecular complexity index is 518. The third-order valence-electron chi connectivity index (χ3n) is 2.07. The second kappa shape index (κ2) is 6.44. The summed E-state index contributed by atoms with van der Waals surface area (Å²) in [5.41, 5.74) is 0.748. The Labute approximate surface area is 119 Å². The molecule has 1 aromatic carbocycles. The van der Waals surface area contributed by atoms with E-state index >= 15 is 0 Å². The molecule has 4 nitrogen and oxygen atoms in total. The number of benzene rings is 1. The number of phenolic OH excluding ortho intramolecular Hbond substituents is 1. The van der Waals surface area contributed by atoms with Crippen LogP contribution < -0.4 is 4.74 Å². The molecule has 0 aromatic heterocycles. The summed E-state index contributed by atoms with van der Waals surface area (Å²) in [7, 11) is 1.46. The molecule has 0 aliphatic rings. The average Bonchev–Trinajstić information content (AvgIpc) is 2.29. The van der Waals surface area contributed by atoms with Crippen LogP contribution in [-0.2, 0) is 4.79 Å². The lowest BCUT2D eigenvalue weighted by Crippen LogP contribution is -1.88. The maximum absolute atomic E-state index is 10.7. The SMILES string of the molecule is COc1cc(/C=C/C(O)=C/C(C)=O)cc(I)c1O. The van der Waals surface area contributed by atoms with Gasteiger partial charge in [-0.25, -0.2) is 0 Å². The van der Waals surface area contributed by atoms with Crippen LogP contribution in [0.4, 0.5) is 0 Å². The number of aromatic hydroxyl groups is 1. The van der Waals surface area contributed by atoms with E-state index in [0.717, 1.165) is 11.6 Å². The smallest absolute Gasteiger partial charge is 0.171 e. The molecule has 0 aliphatic carbocycles. The van der Waals surface area contributed by atoms with Crippen LogP contribution in [0.2, 0.25) is 0 Å². The number of ketones is 1. The van der Waals surface area contributed by atoms with E-state index in [0.29, 0.717) is 9.32 Å². The number of halogens is 1. The van der Waals surface area contributed by atoms with Crippen LogP contribution in [-0.4, -0.2) is 23.1 Å². The van der Waals surface area contributed by atoms with Crippen LogP contribution in [0, 0.1) is 3.57 Å². The van der Waals surface area contributed by atoms with Gasteiger partial charge >= 0.3 is 0 Å². The molecule has 1 aromatic rings. The third kappa shape index (κ3) is 4.06. The number of phenols is 1.